The summed E-state index contributed by atoms with van der Waals surface area (Å²) in [6, 6.07) is 8.11. The van der Waals surface area contributed by atoms with Gasteiger partial charge in [-0.15, -0.1) is 0 Å². The van der Waals surface area contributed by atoms with E-state index in [1.54, 1.807) is 31.2 Å². The van der Waals surface area contributed by atoms with E-state index in [2.05, 4.69) is 10.1 Å². The van der Waals surface area contributed by atoms with Crippen LogP contribution in [0.15, 0.2) is 36.4 Å². The second kappa shape index (κ2) is 8.80. The van der Waals surface area contributed by atoms with Crippen LogP contribution in [0.4, 0.5) is 14.5 Å². The molecule has 0 unspecified atom stereocenters. The fourth-order valence-corrected chi connectivity index (χ4v) is 2.08. The van der Waals surface area contributed by atoms with Crippen molar-refractivity contribution in [3.05, 3.63) is 53.6 Å². The molecule has 0 aliphatic rings. The predicted octanol–water partition coefficient (Wildman–Crippen LogP) is 3.17. The van der Waals surface area contributed by atoms with Crippen molar-refractivity contribution < 1.29 is 32.6 Å². The van der Waals surface area contributed by atoms with E-state index in [9.17, 15) is 18.4 Å². The molecule has 1 N–H and O–H groups in total. The highest BCUT2D eigenvalue weighted by Gasteiger charge is 2.18. The van der Waals surface area contributed by atoms with Crippen LogP contribution in [0.25, 0.3) is 0 Å². The van der Waals surface area contributed by atoms with Crippen LogP contribution in [0.5, 0.6) is 11.5 Å². The predicted molar refractivity (Wildman–Crippen MR) is 89.4 cm³/mol. The van der Waals surface area contributed by atoms with E-state index < -0.39 is 35.7 Å². The topological polar surface area (TPSA) is 73.9 Å². The third-order valence-corrected chi connectivity index (χ3v) is 3.24. The summed E-state index contributed by atoms with van der Waals surface area (Å²) in [5, 5.41) is 2.22. The summed E-state index contributed by atoms with van der Waals surface area (Å²) in [6.07, 6.45) is 0. The Kier molecular flexibility index (Phi) is 6.48. The average molecular weight is 365 g/mol. The molecule has 0 spiro atoms. The molecular formula is C18H17F2NO5. The second-order valence-electron chi connectivity index (χ2n) is 5.02. The van der Waals surface area contributed by atoms with Gasteiger partial charge in [-0.25, -0.2) is 13.6 Å². The third kappa shape index (κ3) is 4.69. The van der Waals surface area contributed by atoms with Gasteiger partial charge in [-0.3, -0.25) is 4.79 Å². The number of para-hydroxylation sites is 2. The van der Waals surface area contributed by atoms with Gasteiger partial charge in [0, 0.05) is 6.07 Å². The summed E-state index contributed by atoms with van der Waals surface area (Å²) in [6.45, 7) is 1.79. The fraction of sp³-hybridized carbons (Fsp3) is 0.222. The van der Waals surface area contributed by atoms with Gasteiger partial charge in [0.25, 0.3) is 5.91 Å². The molecule has 0 heterocycles. The summed E-state index contributed by atoms with van der Waals surface area (Å²) in [5.74, 6) is -2.99. The van der Waals surface area contributed by atoms with Gasteiger partial charge in [-0.1, -0.05) is 12.1 Å². The van der Waals surface area contributed by atoms with Crippen molar-refractivity contribution >= 4 is 17.6 Å². The van der Waals surface area contributed by atoms with Gasteiger partial charge in [0.2, 0.25) is 0 Å². The Labute approximate surface area is 148 Å². The molecule has 2 aromatic rings. The molecular weight excluding hydrogens is 348 g/mol. The summed E-state index contributed by atoms with van der Waals surface area (Å²) in [5.41, 5.74) is -0.856. The fourth-order valence-electron chi connectivity index (χ4n) is 2.08. The van der Waals surface area contributed by atoms with Crippen LogP contribution < -0.4 is 14.8 Å². The molecule has 0 aliphatic carbocycles. The molecule has 0 saturated heterocycles. The van der Waals surface area contributed by atoms with Crippen LogP contribution in [0.1, 0.15) is 17.3 Å². The molecule has 6 nitrogen and oxygen atoms in total. The van der Waals surface area contributed by atoms with Crippen molar-refractivity contribution in [3.8, 4) is 11.5 Å². The number of halogens is 2. The maximum absolute atomic E-state index is 13.8. The molecule has 2 rings (SSSR count). The van der Waals surface area contributed by atoms with Crippen LogP contribution in [-0.4, -0.2) is 32.2 Å². The number of nitrogens with one attached hydrogen (secondary N) is 1. The van der Waals surface area contributed by atoms with E-state index in [-0.39, 0.29) is 5.69 Å². The van der Waals surface area contributed by atoms with Crippen molar-refractivity contribution in [2.45, 2.75) is 6.92 Å². The Morgan fingerprint density at radius 1 is 1.04 bits per heavy atom. The monoisotopic (exact) mass is 365 g/mol. The number of esters is 1. The van der Waals surface area contributed by atoms with E-state index in [0.717, 1.165) is 13.2 Å². The van der Waals surface area contributed by atoms with Gasteiger partial charge < -0.3 is 19.5 Å². The molecule has 1 amide bonds. The van der Waals surface area contributed by atoms with Crippen LogP contribution in [0, 0.1) is 11.6 Å². The van der Waals surface area contributed by atoms with Crippen molar-refractivity contribution in [2.24, 2.45) is 0 Å². The van der Waals surface area contributed by atoms with Crippen molar-refractivity contribution in [2.75, 3.05) is 25.6 Å². The number of rotatable bonds is 7. The number of ether oxygens (including phenoxy) is 3. The van der Waals surface area contributed by atoms with Gasteiger partial charge >= 0.3 is 5.97 Å². The van der Waals surface area contributed by atoms with E-state index >= 15 is 0 Å². The van der Waals surface area contributed by atoms with Crippen LogP contribution in [0.2, 0.25) is 0 Å². The lowest BCUT2D eigenvalue weighted by atomic mass is 10.1. The van der Waals surface area contributed by atoms with Gasteiger partial charge in [0.15, 0.2) is 18.1 Å². The second-order valence-corrected chi connectivity index (χ2v) is 5.02. The largest absolute Gasteiger partial charge is 0.490 e. The molecule has 0 aliphatic heterocycles. The number of methoxy groups -OCH3 is 1. The smallest absolute Gasteiger partial charge is 0.340 e. The number of hydrogen-bond acceptors (Lipinski definition) is 5. The number of amides is 1. The quantitative estimate of drug-likeness (QED) is 0.763. The SMILES string of the molecule is CCOc1ccccc1OCC(=O)Nc1cc(C(=O)OC)c(F)cc1F. The highest BCUT2D eigenvalue weighted by Crippen LogP contribution is 2.26. The summed E-state index contributed by atoms with van der Waals surface area (Å²) >= 11 is 0. The Hall–Kier alpha value is -3.16. The van der Waals surface area contributed by atoms with Crippen LogP contribution in [0.3, 0.4) is 0 Å². The Morgan fingerprint density at radius 2 is 1.69 bits per heavy atom. The first kappa shape index (κ1) is 19.2. The zero-order chi connectivity index (χ0) is 19.1. The maximum Gasteiger partial charge on any atom is 0.340 e. The molecule has 138 valence electrons. The van der Waals surface area contributed by atoms with E-state index in [4.69, 9.17) is 9.47 Å². The molecule has 0 atom stereocenters. The molecule has 8 heteroatoms. The van der Waals surface area contributed by atoms with E-state index in [1.165, 1.54) is 0 Å². The summed E-state index contributed by atoms with van der Waals surface area (Å²) in [4.78, 5) is 23.4. The lowest BCUT2D eigenvalue weighted by Gasteiger charge is -2.12. The molecule has 0 saturated carbocycles. The van der Waals surface area contributed by atoms with Crippen molar-refractivity contribution in [1.29, 1.82) is 0 Å². The highest BCUT2D eigenvalue weighted by atomic mass is 19.1. The Balaban J connectivity index is 2.07. The zero-order valence-electron chi connectivity index (χ0n) is 14.2. The first-order chi connectivity index (χ1) is 12.5. The van der Waals surface area contributed by atoms with E-state index in [1.807, 2.05) is 0 Å². The molecule has 0 fully saturated rings. The molecule has 0 bridgehead atoms. The highest BCUT2D eigenvalue weighted by molar-refractivity contribution is 5.95. The van der Waals surface area contributed by atoms with Crippen molar-refractivity contribution in [1.82, 2.24) is 0 Å². The average Bonchev–Trinajstić information content (AvgIpc) is 2.63. The number of hydrogen-bond donors (Lipinski definition) is 1. The zero-order valence-corrected chi connectivity index (χ0v) is 14.2. The normalized spacial score (nSPS) is 10.2. The van der Waals surface area contributed by atoms with Gasteiger partial charge in [0.1, 0.15) is 11.6 Å². The maximum atomic E-state index is 13.8. The first-order valence-corrected chi connectivity index (χ1v) is 7.68. The summed E-state index contributed by atoms with van der Waals surface area (Å²) in [7, 11) is 1.06. The standard InChI is InChI=1S/C18H17F2NO5/c1-3-25-15-6-4-5-7-16(15)26-10-17(22)21-14-8-11(18(23)24-2)12(19)9-13(14)20/h4-9H,3,10H2,1-2H3,(H,21,22). The minimum Gasteiger partial charge on any atom is -0.490 e. The van der Waals surface area contributed by atoms with Crippen molar-refractivity contribution in [3.63, 3.8) is 0 Å². The minimum absolute atomic E-state index is 0.347. The molecule has 0 aromatic heterocycles. The third-order valence-electron chi connectivity index (χ3n) is 3.24. The lowest BCUT2D eigenvalue weighted by Crippen LogP contribution is -2.21. The van der Waals surface area contributed by atoms with Gasteiger partial charge in [-0.2, -0.15) is 0 Å². The van der Waals surface area contributed by atoms with Gasteiger partial charge in [-0.05, 0) is 25.1 Å². The lowest BCUT2D eigenvalue weighted by molar-refractivity contribution is -0.118. The summed E-state index contributed by atoms with van der Waals surface area (Å²) < 4.78 is 42.5. The Morgan fingerprint density at radius 3 is 2.31 bits per heavy atom. The minimum atomic E-state index is -1.09. The van der Waals surface area contributed by atoms with E-state index in [0.29, 0.717) is 24.2 Å². The number of carbonyl (C=O) groups is 2. The molecule has 0 radical (unpaired) electrons. The van der Waals surface area contributed by atoms with Gasteiger partial charge in [0.05, 0.1) is 25.0 Å². The number of anilines is 1. The van der Waals surface area contributed by atoms with Crippen LogP contribution >= 0.6 is 0 Å². The first-order valence-electron chi connectivity index (χ1n) is 7.68. The number of benzene rings is 2. The van der Waals surface area contributed by atoms with Crippen LogP contribution in [-0.2, 0) is 9.53 Å². The Bertz CT molecular complexity index is 810. The molecule has 26 heavy (non-hydrogen) atoms. The molecule has 2 aromatic carbocycles. The number of carbonyl (C=O) groups excluding carboxylic acids is 2.